The molecule has 0 saturated heterocycles. The zero-order chi connectivity index (χ0) is 14.8. The van der Waals surface area contributed by atoms with Crippen LogP contribution in [-0.4, -0.2) is 17.5 Å². The van der Waals surface area contributed by atoms with E-state index in [1.165, 1.54) is 23.3 Å². The van der Waals surface area contributed by atoms with Gasteiger partial charge in [0.15, 0.2) is 0 Å². The molecule has 2 aromatic carbocycles. The fourth-order valence-corrected chi connectivity index (χ4v) is 3.15. The Balaban J connectivity index is 1.84. The third-order valence-electron chi connectivity index (χ3n) is 4.12. The van der Waals surface area contributed by atoms with Crippen molar-refractivity contribution in [1.29, 1.82) is 0 Å². The monoisotopic (exact) mass is 304 g/mol. The van der Waals surface area contributed by atoms with Crippen LogP contribution in [0.1, 0.15) is 16.7 Å². The fraction of sp³-hybridized carbons (Fsp3) is 0.294. The van der Waals surface area contributed by atoms with Crippen LogP contribution in [0, 0.1) is 5.82 Å². The maximum Gasteiger partial charge on any atom is 0.124 e. The van der Waals surface area contributed by atoms with Gasteiger partial charge in [-0.15, -0.1) is 0 Å². The van der Waals surface area contributed by atoms with Crippen LogP contribution in [-0.2, 0) is 19.5 Å². The van der Waals surface area contributed by atoms with Crippen molar-refractivity contribution in [2.75, 3.05) is 6.54 Å². The van der Waals surface area contributed by atoms with Crippen molar-refractivity contribution in [3.05, 3.63) is 70.0 Å². The molecular formula is C17H18ClFN2. The number of nitrogens with zero attached hydrogens (tertiary/aromatic N) is 1. The molecule has 1 aliphatic heterocycles. The van der Waals surface area contributed by atoms with Gasteiger partial charge in [-0.1, -0.05) is 41.9 Å². The normalized spacial score (nSPS) is 18.5. The quantitative estimate of drug-likeness (QED) is 0.942. The summed E-state index contributed by atoms with van der Waals surface area (Å²) in [6.07, 6.45) is 0.950. The number of rotatable bonds is 3. The first-order valence-corrected chi connectivity index (χ1v) is 7.50. The van der Waals surface area contributed by atoms with Crippen molar-refractivity contribution < 1.29 is 4.39 Å². The van der Waals surface area contributed by atoms with Crippen LogP contribution in [0.2, 0.25) is 5.02 Å². The van der Waals surface area contributed by atoms with Crippen LogP contribution < -0.4 is 5.73 Å². The summed E-state index contributed by atoms with van der Waals surface area (Å²) in [7, 11) is 0. The summed E-state index contributed by atoms with van der Waals surface area (Å²) >= 11 is 6.14. The van der Waals surface area contributed by atoms with E-state index in [1.807, 2.05) is 0 Å². The highest BCUT2D eigenvalue weighted by atomic mass is 35.5. The second-order valence-corrected chi connectivity index (χ2v) is 5.91. The summed E-state index contributed by atoms with van der Waals surface area (Å²) < 4.78 is 13.1. The Morgan fingerprint density at radius 3 is 2.67 bits per heavy atom. The van der Waals surface area contributed by atoms with Gasteiger partial charge >= 0.3 is 0 Å². The molecule has 110 valence electrons. The predicted molar refractivity (Wildman–Crippen MR) is 83.6 cm³/mol. The summed E-state index contributed by atoms with van der Waals surface area (Å²) in [6.45, 7) is 2.15. The Bertz CT molecular complexity index is 644. The summed E-state index contributed by atoms with van der Waals surface area (Å²) in [4.78, 5) is 2.32. The molecule has 0 saturated carbocycles. The van der Waals surface area contributed by atoms with E-state index in [4.69, 9.17) is 17.3 Å². The highest BCUT2D eigenvalue weighted by Crippen LogP contribution is 2.26. The first-order chi connectivity index (χ1) is 10.2. The van der Waals surface area contributed by atoms with Gasteiger partial charge in [-0.2, -0.15) is 0 Å². The van der Waals surface area contributed by atoms with Crippen molar-refractivity contribution in [2.45, 2.75) is 25.6 Å². The van der Waals surface area contributed by atoms with E-state index in [0.29, 0.717) is 24.2 Å². The Hall–Kier alpha value is -1.42. The SMILES string of the molecule is NCC1Cc2ccccc2CN1Cc1ccc(F)cc1Cl. The average Bonchev–Trinajstić information content (AvgIpc) is 2.49. The van der Waals surface area contributed by atoms with Crippen molar-refractivity contribution in [2.24, 2.45) is 5.73 Å². The van der Waals surface area contributed by atoms with Gasteiger partial charge in [0, 0.05) is 30.7 Å². The zero-order valence-electron chi connectivity index (χ0n) is 11.7. The lowest BCUT2D eigenvalue weighted by Crippen LogP contribution is -2.44. The van der Waals surface area contributed by atoms with E-state index in [0.717, 1.165) is 18.5 Å². The minimum atomic E-state index is -0.303. The lowest BCUT2D eigenvalue weighted by atomic mass is 9.93. The Labute approximate surface area is 129 Å². The molecule has 3 rings (SSSR count). The molecule has 1 atom stereocenters. The third-order valence-corrected chi connectivity index (χ3v) is 4.48. The zero-order valence-corrected chi connectivity index (χ0v) is 12.5. The molecular weight excluding hydrogens is 287 g/mol. The first kappa shape index (κ1) is 14.5. The van der Waals surface area contributed by atoms with E-state index < -0.39 is 0 Å². The average molecular weight is 305 g/mol. The van der Waals surface area contributed by atoms with Gasteiger partial charge in [0.25, 0.3) is 0 Å². The topological polar surface area (TPSA) is 29.3 Å². The smallest absolute Gasteiger partial charge is 0.124 e. The van der Waals surface area contributed by atoms with Gasteiger partial charge in [0.05, 0.1) is 0 Å². The summed E-state index contributed by atoms with van der Waals surface area (Å²) in [5.41, 5.74) is 9.58. The van der Waals surface area contributed by atoms with Gasteiger partial charge in [-0.05, 0) is 35.2 Å². The van der Waals surface area contributed by atoms with Crippen LogP contribution in [0.4, 0.5) is 4.39 Å². The van der Waals surface area contributed by atoms with Crippen LogP contribution in [0.3, 0.4) is 0 Å². The molecule has 21 heavy (non-hydrogen) atoms. The summed E-state index contributed by atoms with van der Waals surface area (Å²) in [5.74, 6) is -0.303. The van der Waals surface area contributed by atoms with E-state index in [9.17, 15) is 4.39 Å². The van der Waals surface area contributed by atoms with Crippen LogP contribution in [0.15, 0.2) is 42.5 Å². The maximum atomic E-state index is 13.1. The Morgan fingerprint density at radius 2 is 1.95 bits per heavy atom. The first-order valence-electron chi connectivity index (χ1n) is 7.12. The van der Waals surface area contributed by atoms with Gasteiger partial charge < -0.3 is 5.73 Å². The number of hydrogen-bond donors (Lipinski definition) is 1. The number of fused-ring (bicyclic) bond motifs is 1. The van der Waals surface area contributed by atoms with Crippen molar-refractivity contribution >= 4 is 11.6 Å². The van der Waals surface area contributed by atoms with Gasteiger partial charge in [-0.25, -0.2) is 4.39 Å². The molecule has 1 unspecified atom stereocenters. The third kappa shape index (κ3) is 3.10. The molecule has 0 aliphatic carbocycles. The lowest BCUT2D eigenvalue weighted by molar-refractivity contribution is 0.167. The number of hydrogen-bond acceptors (Lipinski definition) is 2. The van der Waals surface area contributed by atoms with Crippen LogP contribution >= 0.6 is 11.6 Å². The molecule has 0 bridgehead atoms. The lowest BCUT2D eigenvalue weighted by Gasteiger charge is -2.36. The number of benzene rings is 2. The van der Waals surface area contributed by atoms with Crippen molar-refractivity contribution in [3.63, 3.8) is 0 Å². The van der Waals surface area contributed by atoms with Gasteiger partial charge in [0.1, 0.15) is 5.82 Å². The Morgan fingerprint density at radius 1 is 1.19 bits per heavy atom. The van der Waals surface area contributed by atoms with E-state index in [-0.39, 0.29) is 5.82 Å². The maximum absolute atomic E-state index is 13.1. The van der Waals surface area contributed by atoms with Crippen LogP contribution in [0.5, 0.6) is 0 Å². The minimum Gasteiger partial charge on any atom is -0.329 e. The molecule has 1 heterocycles. The second kappa shape index (κ2) is 6.14. The summed E-state index contributed by atoms with van der Waals surface area (Å²) in [6, 6.07) is 13.3. The molecule has 2 N–H and O–H groups in total. The predicted octanol–water partition coefficient (Wildman–Crippen LogP) is 3.36. The Kier molecular flexibility index (Phi) is 4.24. The molecule has 2 aromatic rings. The van der Waals surface area contributed by atoms with Crippen molar-refractivity contribution in [3.8, 4) is 0 Å². The molecule has 4 heteroatoms. The van der Waals surface area contributed by atoms with E-state index in [1.54, 1.807) is 6.07 Å². The second-order valence-electron chi connectivity index (χ2n) is 5.50. The highest BCUT2D eigenvalue weighted by Gasteiger charge is 2.25. The molecule has 0 amide bonds. The fourth-order valence-electron chi connectivity index (χ4n) is 2.93. The number of nitrogens with two attached hydrogens (primary N) is 1. The van der Waals surface area contributed by atoms with E-state index >= 15 is 0 Å². The number of halogens is 2. The largest absolute Gasteiger partial charge is 0.329 e. The minimum absolute atomic E-state index is 0.293. The van der Waals surface area contributed by atoms with E-state index in [2.05, 4.69) is 29.2 Å². The van der Waals surface area contributed by atoms with Gasteiger partial charge in [-0.3, -0.25) is 4.90 Å². The standard InChI is InChI=1S/C17H18ClFN2/c18-17-8-15(19)6-5-14(17)11-21-10-13-4-2-1-3-12(13)7-16(21)9-20/h1-6,8,16H,7,9-11,20H2. The van der Waals surface area contributed by atoms with Gasteiger partial charge in [0.2, 0.25) is 0 Å². The van der Waals surface area contributed by atoms with Crippen LogP contribution in [0.25, 0.3) is 0 Å². The molecule has 0 aromatic heterocycles. The highest BCUT2D eigenvalue weighted by molar-refractivity contribution is 6.31. The molecule has 0 fully saturated rings. The molecule has 0 spiro atoms. The molecule has 1 aliphatic rings. The molecule has 0 radical (unpaired) electrons. The molecule has 2 nitrogen and oxygen atoms in total. The summed E-state index contributed by atoms with van der Waals surface area (Å²) in [5, 5.41) is 0.477. The van der Waals surface area contributed by atoms with Crippen molar-refractivity contribution in [1.82, 2.24) is 4.90 Å².